The summed E-state index contributed by atoms with van der Waals surface area (Å²) >= 11 is 0. The number of nitrogens with zero attached hydrogens (tertiary/aromatic N) is 2. The lowest BCUT2D eigenvalue weighted by molar-refractivity contribution is 0.667. The minimum absolute atomic E-state index is 0.629. The normalized spacial score (nSPS) is 24.9. The fourth-order valence-corrected chi connectivity index (χ4v) is 3.01. The van der Waals surface area contributed by atoms with Crippen LogP contribution in [0.5, 0.6) is 0 Å². The maximum absolute atomic E-state index is 4.89. The van der Waals surface area contributed by atoms with E-state index in [1.807, 2.05) is 0 Å². The molecule has 110 valence electrons. The van der Waals surface area contributed by atoms with Gasteiger partial charge >= 0.3 is 0 Å². The van der Waals surface area contributed by atoms with Crippen LogP contribution < -0.4 is 5.32 Å². The number of nitrogens with one attached hydrogen (secondary N) is 1. The van der Waals surface area contributed by atoms with Crippen molar-refractivity contribution in [1.29, 1.82) is 0 Å². The highest BCUT2D eigenvalue weighted by molar-refractivity contribution is 5.29. The van der Waals surface area contributed by atoms with Crippen molar-refractivity contribution in [2.45, 2.75) is 71.3 Å². The van der Waals surface area contributed by atoms with Crippen LogP contribution >= 0.6 is 0 Å². The van der Waals surface area contributed by atoms with Gasteiger partial charge in [-0.15, -0.1) is 0 Å². The molecule has 2 atom stereocenters. The van der Waals surface area contributed by atoms with E-state index in [4.69, 9.17) is 9.97 Å². The van der Waals surface area contributed by atoms with Crippen LogP contribution in [0.1, 0.15) is 68.7 Å². The van der Waals surface area contributed by atoms with Gasteiger partial charge in [0.1, 0.15) is 5.82 Å². The monoisotopic (exact) mass is 273 g/mol. The number of aromatic nitrogens is 2. The van der Waals surface area contributed by atoms with Crippen molar-refractivity contribution in [1.82, 2.24) is 15.3 Å². The quantitative estimate of drug-likeness (QED) is 0.830. The highest BCUT2D eigenvalue weighted by Gasteiger charge is 2.37. The first-order valence-electron chi connectivity index (χ1n) is 8.34. The van der Waals surface area contributed by atoms with Crippen LogP contribution in [0.3, 0.4) is 0 Å². The minimum atomic E-state index is 0.629. The first kappa shape index (κ1) is 14.0. The lowest BCUT2D eigenvalue weighted by atomic mass is 10.0. The molecule has 0 aromatic carbocycles. The number of aryl methyl sites for hydroxylation is 2. The van der Waals surface area contributed by atoms with Crippen molar-refractivity contribution >= 4 is 0 Å². The van der Waals surface area contributed by atoms with E-state index in [1.54, 1.807) is 0 Å². The van der Waals surface area contributed by atoms with E-state index in [2.05, 4.69) is 26.1 Å². The van der Waals surface area contributed by atoms with Crippen LogP contribution in [-0.2, 0) is 19.3 Å². The Morgan fingerprint density at radius 3 is 2.15 bits per heavy atom. The van der Waals surface area contributed by atoms with Gasteiger partial charge in [-0.1, -0.05) is 20.8 Å². The minimum Gasteiger partial charge on any atom is -0.314 e. The van der Waals surface area contributed by atoms with E-state index < -0.39 is 0 Å². The summed E-state index contributed by atoms with van der Waals surface area (Å²) in [6.45, 7) is 7.82. The van der Waals surface area contributed by atoms with Crippen molar-refractivity contribution in [2.75, 3.05) is 6.54 Å². The Morgan fingerprint density at radius 2 is 1.70 bits per heavy atom. The van der Waals surface area contributed by atoms with Gasteiger partial charge in [-0.05, 0) is 56.6 Å². The number of hydrogen-bond donors (Lipinski definition) is 1. The molecule has 0 bridgehead atoms. The second-order valence-corrected chi connectivity index (χ2v) is 6.46. The molecule has 3 nitrogen and oxygen atoms in total. The predicted octanol–water partition coefficient (Wildman–Crippen LogP) is 3.02. The lowest BCUT2D eigenvalue weighted by Gasteiger charge is -2.14. The molecule has 0 amide bonds. The fourth-order valence-electron chi connectivity index (χ4n) is 3.01. The largest absolute Gasteiger partial charge is 0.314 e. The van der Waals surface area contributed by atoms with Gasteiger partial charge in [0.2, 0.25) is 0 Å². The van der Waals surface area contributed by atoms with E-state index in [1.165, 1.54) is 36.2 Å². The molecule has 2 aliphatic rings. The van der Waals surface area contributed by atoms with Gasteiger partial charge in [0.25, 0.3) is 0 Å². The van der Waals surface area contributed by atoms with Crippen LogP contribution in [0.2, 0.25) is 0 Å². The Bertz CT molecular complexity index is 454. The van der Waals surface area contributed by atoms with E-state index in [9.17, 15) is 0 Å². The van der Waals surface area contributed by atoms with E-state index in [0.29, 0.717) is 5.92 Å². The number of rotatable bonds is 7. The van der Waals surface area contributed by atoms with Crippen molar-refractivity contribution in [3.8, 4) is 0 Å². The molecule has 2 saturated carbocycles. The fraction of sp³-hybridized carbons (Fsp3) is 0.765. The summed E-state index contributed by atoms with van der Waals surface area (Å²) in [6.07, 6.45) is 7.13. The van der Waals surface area contributed by atoms with Gasteiger partial charge in [-0.2, -0.15) is 0 Å². The molecule has 0 radical (unpaired) electrons. The van der Waals surface area contributed by atoms with Crippen LogP contribution in [0.15, 0.2) is 0 Å². The van der Waals surface area contributed by atoms with Gasteiger partial charge in [-0.3, -0.25) is 0 Å². The Kier molecular flexibility index (Phi) is 4.06. The molecule has 1 aromatic heterocycles. The molecule has 3 rings (SSSR count). The van der Waals surface area contributed by atoms with Crippen LogP contribution in [0, 0.1) is 5.92 Å². The van der Waals surface area contributed by atoms with Crippen LogP contribution in [0.4, 0.5) is 0 Å². The Balaban J connectivity index is 1.78. The van der Waals surface area contributed by atoms with E-state index >= 15 is 0 Å². The number of hydrogen-bond acceptors (Lipinski definition) is 3. The van der Waals surface area contributed by atoms with Crippen molar-refractivity contribution in [3.63, 3.8) is 0 Å². The van der Waals surface area contributed by atoms with Gasteiger partial charge in [0.15, 0.2) is 0 Å². The first-order valence-corrected chi connectivity index (χ1v) is 8.34. The topological polar surface area (TPSA) is 37.8 Å². The summed E-state index contributed by atoms with van der Waals surface area (Å²) in [5.74, 6) is 2.53. The average molecular weight is 273 g/mol. The third-order valence-electron chi connectivity index (χ3n) is 4.69. The zero-order chi connectivity index (χ0) is 14.1. The lowest BCUT2D eigenvalue weighted by Crippen LogP contribution is -2.21. The molecule has 0 saturated heterocycles. The average Bonchev–Trinajstić information content (AvgIpc) is 3.36. The molecule has 0 aliphatic heterocycles. The molecule has 1 N–H and O–H groups in total. The summed E-state index contributed by atoms with van der Waals surface area (Å²) in [6, 6.07) is 0.789. The van der Waals surface area contributed by atoms with Crippen LogP contribution in [0.25, 0.3) is 0 Å². The van der Waals surface area contributed by atoms with Gasteiger partial charge in [-0.25, -0.2) is 9.97 Å². The van der Waals surface area contributed by atoms with Crippen molar-refractivity contribution in [3.05, 3.63) is 22.8 Å². The van der Waals surface area contributed by atoms with Crippen molar-refractivity contribution in [2.24, 2.45) is 5.92 Å². The highest BCUT2D eigenvalue weighted by Crippen LogP contribution is 2.45. The van der Waals surface area contributed by atoms with Gasteiger partial charge < -0.3 is 5.32 Å². The molecule has 3 heteroatoms. The molecular formula is C17H27N3. The van der Waals surface area contributed by atoms with Gasteiger partial charge in [0.05, 0.1) is 0 Å². The predicted molar refractivity (Wildman–Crippen MR) is 82.0 cm³/mol. The zero-order valence-electron chi connectivity index (χ0n) is 13.1. The highest BCUT2D eigenvalue weighted by atomic mass is 15.0. The molecule has 2 unspecified atom stereocenters. The van der Waals surface area contributed by atoms with Crippen molar-refractivity contribution < 1.29 is 0 Å². The Labute approximate surface area is 122 Å². The maximum atomic E-state index is 4.89. The van der Waals surface area contributed by atoms with E-state index in [-0.39, 0.29) is 0 Å². The van der Waals surface area contributed by atoms with E-state index in [0.717, 1.165) is 43.6 Å². The molecular weight excluding hydrogens is 246 g/mol. The summed E-state index contributed by atoms with van der Waals surface area (Å²) in [4.78, 5) is 9.77. The second kappa shape index (κ2) is 5.80. The van der Waals surface area contributed by atoms with Gasteiger partial charge in [0, 0.05) is 23.3 Å². The smallest absolute Gasteiger partial charge is 0.132 e. The molecule has 2 aliphatic carbocycles. The standard InChI is InChI=1S/C17H27N3/c1-4-15-13(8-9-18-12-6-7-12)16(5-2)20-17(19-15)14-10-11(14)3/h11-12,14,18H,4-10H2,1-3H3. The Morgan fingerprint density at radius 1 is 1.10 bits per heavy atom. The molecule has 2 fully saturated rings. The third-order valence-corrected chi connectivity index (χ3v) is 4.69. The summed E-state index contributed by atoms with van der Waals surface area (Å²) < 4.78 is 0. The summed E-state index contributed by atoms with van der Waals surface area (Å²) in [5.41, 5.74) is 4.01. The summed E-state index contributed by atoms with van der Waals surface area (Å²) in [5, 5.41) is 3.61. The summed E-state index contributed by atoms with van der Waals surface area (Å²) in [7, 11) is 0. The molecule has 1 heterocycles. The first-order chi connectivity index (χ1) is 9.72. The molecule has 1 aromatic rings. The Hall–Kier alpha value is -0.960. The maximum Gasteiger partial charge on any atom is 0.132 e. The van der Waals surface area contributed by atoms with Crippen LogP contribution in [-0.4, -0.2) is 22.6 Å². The zero-order valence-corrected chi connectivity index (χ0v) is 13.1. The second-order valence-electron chi connectivity index (χ2n) is 6.46. The molecule has 0 spiro atoms. The third kappa shape index (κ3) is 3.03. The molecule has 20 heavy (non-hydrogen) atoms. The SMILES string of the molecule is CCc1nc(C2CC2C)nc(CC)c1CCNC1CC1.